The van der Waals surface area contributed by atoms with Crippen LogP contribution in [0, 0.1) is 0 Å². The standard InChI is InChI=1S/C11H20N2O2/c1-9(2)13-6-3-4-11(5-7-13)8-12-10(14)15-11/h9H,3-8H2,1-2H3,(H,12,14). The Bertz CT molecular complexity index is 255. The quantitative estimate of drug-likeness (QED) is 0.713. The van der Waals surface area contributed by atoms with E-state index in [1.165, 1.54) is 0 Å². The van der Waals surface area contributed by atoms with Crippen LogP contribution in [0.4, 0.5) is 4.79 Å². The first kappa shape index (κ1) is 10.7. The maximum atomic E-state index is 11.1. The summed E-state index contributed by atoms with van der Waals surface area (Å²) in [5.74, 6) is 0. The van der Waals surface area contributed by atoms with Crippen LogP contribution in [0.5, 0.6) is 0 Å². The fourth-order valence-corrected chi connectivity index (χ4v) is 2.49. The average Bonchev–Trinajstić information content (AvgIpc) is 2.43. The van der Waals surface area contributed by atoms with Crippen LogP contribution < -0.4 is 5.32 Å². The molecule has 4 heteroatoms. The van der Waals surface area contributed by atoms with Gasteiger partial charge in [0, 0.05) is 19.0 Å². The van der Waals surface area contributed by atoms with Gasteiger partial charge >= 0.3 is 6.09 Å². The Morgan fingerprint density at radius 1 is 1.40 bits per heavy atom. The van der Waals surface area contributed by atoms with Gasteiger partial charge in [0.05, 0.1) is 6.54 Å². The number of amides is 1. The summed E-state index contributed by atoms with van der Waals surface area (Å²) in [6.45, 7) is 7.29. The molecule has 2 rings (SSSR count). The molecule has 2 heterocycles. The maximum absolute atomic E-state index is 11.1. The molecule has 15 heavy (non-hydrogen) atoms. The van der Waals surface area contributed by atoms with Gasteiger partial charge in [-0.15, -0.1) is 0 Å². The molecule has 0 saturated carbocycles. The van der Waals surface area contributed by atoms with Crippen LogP contribution in [0.1, 0.15) is 33.1 Å². The monoisotopic (exact) mass is 212 g/mol. The Hall–Kier alpha value is -0.770. The van der Waals surface area contributed by atoms with Gasteiger partial charge in [-0.1, -0.05) is 0 Å². The van der Waals surface area contributed by atoms with Gasteiger partial charge in [0.25, 0.3) is 0 Å². The summed E-state index contributed by atoms with van der Waals surface area (Å²) in [4.78, 5) is 13.6. The van der Waals surface area contributed by atoms with Crippen molar-refractivity contribution in [3.8, 4) is 0 Å². The molecule has 86 valence electrons. The molecule has 2 fully saturated rings. The summed E-state index contributed by atoms with van der Waals surface area (Å²) in [5.41, 5.74) is -0.208. The van der Waals surface area contributed by atoms with Gasteiger partial charge in [-0.05, 0) is 33.2 Å². The Morgan fingerprint density at radius 2 is 2.20 bits per heavy atom. The van der Waals surface area contributed by atoms with E-state index in [1.807, 2.05) is 0 Å². The van der Waals surface area contributed by atoms with Crippen LogP contribution in [-0.4, -0.2) is 42.3 Å². The van der Waals surface area contributed by atoms with Crippen molar-refractivity contribution in [2.24, 2.45) is 0 Å². The van der Waals surface area contributed by atoms with Crippen LogP contribution in [0.15, 0.2) is 0 Å². The predicted octanol–water partition coefficient (Wildman–Crippen LogP) is 1.36. The topological polar surface area (TPSA) is 41.6 Å². The zero-order valence-electron chi connectivity index (χ0n) is 9.58. The molecule has 2 aliphatic rings. The van der Waals surface area contributed by atoms with E-state index in [0.29, 0.717) is 12.6 Å². The summed E-state index contributed by atoms with van der Waals surface area (Å²) in [6.07, 6.45) is 2.83. The third-order valence-corrected chi connectivity index (χ3v) is 3.53. The van der Waals surface area contributed by atoms with E-state index in [0.717, 1.165) is 32.4 Å². The summed E-state index contributed by atoms with van der Waals surface area (Å²) < 4.78 is 5.42. The third-order valence-electron chi connectivity index (χ3n) is 3.53. The van der Waals surface area contributed by atoms with Crippen molar-refractivity contribution in [2.45, 2.75) is 44.8 Å². The second kappa shape index (κ2) is 4.00. The van der Waals surface area contributed by atoms with Gasteiger partial charge in [0.1, 0.15) is 5.60 Å². The fraction of sp³-hybridized carbons (Fsp3) is 0.909. The van der Waals surface area contributed by atoms with E-state index in [-0.39, 0.29) is 11.7 Å². The minimum Gasteiger partial charge on any atom is -0.441 e. The van der Waals surface area contributed by atoms with E-state index < -0.39 is 0 Å². The van der Waals surface area contributed by atoms with E-state index in [1.54, 1.807) is 0 Å². The van der Waals surface area contributed by atoms with Crippen LogP contribution in [0.25, 0.3) is 0 Å². The van der Waals surface area contributed by atoms with Gasteiger partial charge in [0.2, 0.25) is 0 Å². The number of rotatable bonds is 1. The highest BCUT2D eigenvalue weighted by atomic mass is 16.6. The lowest BCUT2D eigenvalue weighted by molar-refractivity contribution is 0.0437. The summed E-state index contributed by atoms with van der Waals surface area (Å²) in [7, 11) is 0. The van der Waals surface area contributed by atoms with Gasteiger partial charge < -0.3 is 15.0 Å². The lowest BCUT2D eigenvalue weighted by Crippen LogP contribution is -2.36. The molecule has 1 unspecified atom stereocenters. The second-order valence-electron chi connectivity index (χ2n) is 4.91. The summed E-state index contributed by atoms with van der Waals surface area (Å²) >= 11 is 0. The number of nitrogens with zero attached hydrogens (tertiary/aromatic N) is 1. The largest absolute Gasteiger partial charge is 0.441 e. The highest BCUT2D eigenvalue weighted by molar-refractivity contribution is 5.70. The molecule has 0 bridgehead atoms. The van der Waals surface area contributed by atoms with E-state index in [2.05, 4.69) is 24.1 Å². The Kier molecular flexibility index (Phi) is 2.87. The molecule has 0 aromatic rings. The lowest BCUT2D eigenvalue weighted by atomic mass is 9.95. The minimum absolute atomic E-state index is 0.208. The SMILES string of the molecule is CC(C)N1CCCC2(CC1)CNC(=O)O2. The molecule has 0 aromatic carbocycles. The third kappa shape index (κ3) is 2.25. The number of hydrogen-bond donors (Lipinski definition) is 1. The van der Waals surface area contributed by atoms with Gasteiger partial charge in [-0.3, -0.25) is 0 Å². The Morgan fingerprint density at radius 3 is 2.80 bits per heavy atom. The predicted molar refractivity (Wildman–Crippen MR) is 57.8 cm³/mol. The number of ether oxygens (including phenoxy) is 1. The molecule has 2 aliphatic heterocycles. The van der Waals surface area contributed by atoms with E-state index in [9.17, 15) is 4.79 Å². The van der Waals surface area contributed by atoms with Gasteiger partial charge in [0.15, 0.2) is 0 Å². The van der Waals surface area contributed by atoms with Crippen molar-refractivity contribution < 1.29 is 9.53 Å². The number of nitrogens with one attached hydrogen (secondary N) is 1. The van der Waals surface area contributed by atoms with Crippen molar-refractivity contribution in [1.29, 1.82) is 0 Å². The minimum atomic E-state index is -0.243. The number of carbonyl (C=O) groups is 1. The lowest BCUT2D eigenvalue weighted by Gasteiger charge is -2.26. The maximum Gasteiger partial charge on any atom is 0.407 e. The highest BCUT2D eigenvalue weighted by Gasteiger charge is 2.41. The molecule has 0 aliphatic carbocycles. The van der Waals surface area contributed by atoms with Gasteiger partial charge in [-0.2, -0.15) is 0 Å². The number of hydrogen-bond acceptors (Lipinski definition) is 3. The van der Waals surface area contributed by atoms with Crippen molar-refractivity contribution in [2.75, 3.05) is 19.6 Å². The summed E-state index contributed by atoms with van der Waals surface area (Å²) in [5, 5.41) is 2.77. The molecule has 0 aromatic heterocycles. The van der Waals surface area contributed by atoms with Crippen LogP contribution in [0.2, 0.25) is 0 Å². The molecule has 1 spiro atoms. The first-order valence-electron chi connectivity index (χ1n) is 5.82. The summed E-state index contributed by atoms with van der Waals surface area (Å²) in [6, 6.07) is 0.588. The van der Waals surface area contributed by atoms with Crippen LogP contribution in [0.3, 0.4) is 0 Å². The molecule has 4 nitrogen and oxygen atoms in total. The number of alkyl carbamates (subject to hydrolysis) is 1. The normalized spacial score (nSPS) is 32.9. The van der Waals surface area contributed by atoms with Crippen LogP contribution >= 0.6 is 0 Å². The molecule has 1 atom stereocenters. The Labute approximate surface area is 91.0 Å². The van der Waals surface area contributed by atoms with Gasteiger partial charge in [-0.25, -0.2) is 4.79 Å². The number of likely N-dealkylation sites (tertiary alicyclic amines) is 1. The first-order valence-corrected chi connectivity index (χ1v) is 5.82. The smallest absolute Gasteiger partial charge is 0.407 e. The molecule has 2 saturated heterocycles. The molecule has 0 radical (unpaired) electrons. The second-order valence-corrected chi connectivity index (χ2v) is 4.91. The molecular formula is C11H20N2O2. The highest BCUT2D eigenvalue weighted by Crippen LogP contribution is 2.29. The molecule has 1 N–H and O–H groups in total. The van der Waals surface area contributed by atoms with Crippen molar-refractivity contribution in [3.05, 3.63) is 0 Å². The fourth-order valence-electron chi connectivity index (χ4n) is 2.49. The van der Waals surface area contributed by atoms with Crippen LogP contribution in [-0.2, 0) is 4.74 Å². The first-order chi connectivity index (χ1) is 7.11. The van der Waals surface area contributed by atoms with E-state index >= 15 is 0 Å². The zero-order valence-corrected chi connectivity index (χ0v) is 9.58. The Balaban J connectivity index is 1.98. The zero-order chi connectivity index (χ0) is 10.9. The molecular weight excluding hydrogens is 192 g/mol. The number of carbonyl (C=O) groups excluding carboxylic acids is 1. The van der Waals surface area contributed by atoms with Crippen molar-refractivity contribution in [1.82, 2.24) is 10.2 Å². The average molecular weight is 212 g/mol. The van der Waals surface area contributed by atoms with Crippen molar-refractivity contribution >= 4 is 6.09 Å². The van der Waals surface area contributed by atoms with Crippen molar-refractivity contribution in [3.63, 3.8) is 0 Å². The van der Waals surface area contributed by atoms with E-state index in [4.69, 9.17) is 4.74 Å². The molecule has 1 amide bonds.